The van der Waals surface area contributed by atoms with Crippen molar-refractivity contribution in [3.8, 4) is 0 Å². The minimum Gasteiger partial charge on any atom is -0.348 e. The molecule has 4 N–H and O–H groups in total. The molecule has 3 rings (SSSR count). The summed E-state index contributed by atoms with van der Waals surface area (Å²) in [4.78, 5) is 25.4. The number of aryl methyl sites for hydroxylation is 1. The van der Waals surface area contributed by atoms with E-state index in [4.69, 9.17) is 5.73 Å². The van der Waals surface area contributed by atoms with E-state index in [2.05, 4.69) is 10.6 Å². The summed E-state index contributed by atoms with van der Waals surface area (Å²) in [6, 6.07) is 16.7. The zero-order valence-corrected chi connectivity index (χ0v) is 15.8. The Morgan fingerprint density at radius 1 is 1.00 bits per heavy atom. The van der Waals surface area contributed by atoms with Gasteiger partial charge in [0.05, 0.1) is 4.88 Å². The van der Waals surface area contributed by atoms with E-state index in [1.807, 2.05) is 48.7 Å². The highest BCUT2D eigenvalue weighted by molar-refractivity contribution is 7.12. The first kappa shape index (κ1) is 18.8. The Bertz CT molecular complexity index is 935. The minimum atomic E-state index is -0.190. The van der Waals surface area contributed by atoms with Crippen LogP contribution in [0.25, 0.3) is 0 Å². The van der Waals surface area contributed by atoms with Crippen LogP contribution < -0.4 is 16.4 Å². The normalized spacial score (nSPS) is 10.4. The maximum atomic E-state index is 12.5. The van der Waals surface area contributed by atoms with E-state index < -0.39 is 0 Å². The number of carbonyl (C=O) groups excluding carboxylic acids is 2. The third kappa shape index (κ3) is 4.81. The van der Waals surface area contributed by atoms with Crippen molar-refractivity contribution in [2.24, 2.45) is 5.73 Å². The number of hydrogen-bond donors (Lipinski definition) is 3. The molecular formula is C21H21N3O2S. The van der Waals surface area contributed by atoms with Crippen molar-refractivity contribution in [2.45, 2.75) is 20.0 Å². The number of benzene rings is 2. The van der Waals surface area contributed by atoms with Gasteiger partial charge in [0.15, 0.2) is 0 Å². The molecule has 27 heavy (non-hydrogen) atoms. The molecule has 0 unspecified atom stereocenters. The van der Waals surface area contributed by atoms with Crippen LogP contribution in [0.2, 0.25) is 0 Å². The second kappa shape index (κ2) is 8.62. The Labute approximate surface area is 162 Å². The van der Waals surface area contributed by atoms with Gasteiger partial charge in [-0.25, -0.2) is 0 Å². The van der Waals surface area contributed by atoms with Crippen LogP contribution in [0.4, 0.5) is 5.69 Å². The summed E-state index contributed by atoms with van der Waals surface area (Å²) in [7, 11) is 0. The van der Waals surface area contributed by atoms with Crippen molar-refractivity contribution in [1.29, 1.82) is 0 Å². The van der Waals surface area contributed by atoms with Crippen LogP contribution in [0.3, 0.4) is 0 Å². The van der Waals surface area contributed by atoms with Gasteiger partial charge in [0, 0.05) is 24.3 Å². The van der Waals surface area contributed by atoms with Gasteiger partial charge in [-0.2, -0.15) is 0 Å². The van der Waals surface area contributed by atoms with E-state index >= 15 is 0 Å². The van der Waals surface area contributed by atoms with Gasteiger partial charge in [-0.15, -0.1) is 11.3 Å². The van der Waals surface area contributed by atoms with E-state index in [0.717, 1.165) is 16.7 Å². The Hall–Kier alpha value is -2.96. The first-order chi connectivity index (χ1) is 13.1. The number of amides is 2. The molecule has 1 heterocycles. The van der Waals surface area contributed by atoms with Crippen molar-refractivity contribution in [2.75, 3.05) is 5.32 Å². The number of carbonyl (C=O) groups is 2. The zero-order chi connectivity index (χ0) is 19.2. The van der Waals surface area contributed by atoms with E-state index in [1.165, 1.54) is 11.3 Å². The molecule has 1 aromatic heterocycles. The van der Waals surface area contributed by atoms with E-state index in [1.54, 1.807) is 18.2 Å². The Morgan fingerprint density at radius 2 is 1.74 bits per heavy atom. The average Bonchev–Trinajstić information content (AvgIpc) is 3.23. The van der Waals surface area contributed by atoms with Gasteiger partial charge in [0.1, 0.15) is 0 Å². The molecule has 2 amide bonds. The molecule has 0 saturated heterocycles. The summed E-state index contributed by atoms with van der Waals surface area (Å²) >= 11 is 1.38. The molecule has 6 heteroatoms. The Morgan fingerprint density at radius 3 is 2.41 bits per heavy atom. The molecule has 0 radical (unpaired) electrons. The molecule has 0 aliphatic rings. The fourth-order valence-electron chi connectivity index (χ4n) is 2.57. The fourth-order valence-corrected chi connectivity index (χ4v) is 3.19. The summed E-state index contributed by atoms with van der Waals surface area (Å²) in [6.45, 7) is 2.81. The largest absolute Gasteiger partial charge is 0.348 e. The molecule has 3 aromatic rings. The number of anilines is 1. The summed E-state index contributed by atoms with van der Waals surface area (Å²) < 4.78 is 0. The van der Waals surface area contributed by atoms with Gasteiger partial charge < -0.3 is 16.4 Å². The van der Waals surface area contributed by atoms with Crippen molar-refractivity contribution >= 4 is 28.8 Å². The van der Waals surface area contributed by atoms with Crippen LogP contribution in [0.15, 0.2) is 60.0 Å². The SMILES string of the molecule is Cc1ccc(C(=O)NCc2ccc(CN)cc2)cc1NC(=O)c1cccs1. The first-order valence-corrected chi connectivity index (χ1v) is 9.46. The lowest BCUT2D eigenvalue weighted by atomic mass is 10.1. The second-order valence-corrected chi connectivity index (χ2v) is 7.11. The summed E-state index contributed by atoms with van der Waals surface area (Å²) in [6.07, 6.45) is 0. The number of hydrogen-bond acceptors (Lipinski definition) is 4. The summed E-state index contributed by atoms with van der Waals surface area (Å²) in [5.41, 5.74) is 9.67. The number of rotatable bonds is 6. The van der Waals surface area contributed by atoms with Gasteiger partial charge in [-0.3, -0.25) is 9.59 Å². The van der Waals surface area contributed by atoms with Crippen LogP contribution in [-0.4, -0.2) is 11.8 Å². The predicted octanol–water partition coefficient (Wildman–Crippen LogP) is 3.70. The molecule has 0 fully saturated rings. The third-order valence-corrected chi connectivity index (χ3v) is 5.07. The molecule has 0 aliphatic carbocycles. The van der Waals surface area contributed by atoms with Gasteiger partial charge in [0.25, 0.3) is 11.8 Å². The highest BCUT2D eigenvalue weighted by Gasteiger charge is 2.12. The first-order valence-electron chi connectivity index (χ1n) is 8.58. The number of thiophene rings is 1. The van der Waals surface area contributed by atoms with Crippen molar-refractivity contribution in [3.63, 3.8) is 0 Å². The maximum absolute atomic E-state index is 12.5. The van der Waals surface area contributed by atoms with E-state index in [9.17, 15) is 9.59 Å². The molecule has 138 valence electrons. The van der Waals surface area contributed by atoms with Gasteiger partial charge in [0.2, 0.25) is 0 Å². The average molecular weight is 379 g/mol. The molecule has 0 saturated carbocycles. The monoisotopic (exact) mass is 379 g/mol. The summed E-state index contributed by atoms with van der Waals surface area (Å²) in [5.74, 6) is -0.366. The second-order valence-electron chi connectivity index (χ2n) is 6.16. The smallest absolute Gasteiger partial charge is 0.265 e. The van der Waals surface area contributed by atoms with Crippen LogP contribution in [0.5, 0.6) is 0 Å². The fraction of sp³-hybridized carbons (Fsp3) is 0.143. The lowest BCUT2D eigenvalue weighted by Gasteiger charge is -2.11. The van der Waals surface area contributed by atoms with Crippen LogP contribution in [0.1, 0.15) is 36.7 Å². The molecule has 0 atom stereocenters. The highest BCUT2D eigenvalue weighted by atomic mass is 32.1. The number of nitrogens with two attached hydrogens (primary N) is 1. The molecule has 2 aromatic carbocycles. The van der Waals surface area contributed by atoms with Crippen molar-refractivity contribution < 1.29 is 9.59 Å². The van der Waals surface area contributed by atoms with Crippen LogP contribution >= 0.6 is 11.3 Å². The van der Waals surface area contributed by atoms with Gasteiger partial charge in [-0.05, 0) is 47.2 Å². The molecular weight excluding hydrogens is 358 g/mol. The molecule has 0 aliphatic heterocycles. The number of nitrogens with one attached hydrogen (secondary N) is 2. The Kier molecular flexibility index (Phi) is 6.01. The molecule has 0 bridgehead atoms. The summed E-state index contributed by atoms with van der Waals surface area (Å²) in [5, 5.41) is 7.63. The zero-order valence-electron chi connectivity index (χ0n) is 15.0. The van der Waals surface area contributed by atoms with Crippen molar-refractivity contribution in [3.05, 3.63) is 87.1 Å². The minimum absolute atomic E-state index is 0.175. The van der Waals surface area contributed by atoms with E-state index in [0.29, 0.717) is 29.2 Å². The molecule has 0 spiro atoms. The van der Waals surface area contributed by atoms with Gasteiger partial charge in [-0.1, -0.05) is 36.4 Å². The Balaban J connectivity index is 1.66. The lowest BCUT2D eigenvalue weighted by molar-refractivity contribution is 0.0949. The van der Waals surface area contributed by atoms with Crippen molar-refractivity contribution in [1.82, 2.24) is 5.32 Å². The quantitative estimate of drug-likeness (QED) is 0.611. The molecule has 5 nitrogen and oxygen atoms in total. The maximum Gasteiger partial charge on any atom is 0.265 e. The predicted molar refractivity (Wildman–Crippen MR) is 109 cm³/mol. The van der Waals surface area contributed by atoms with Crippen LogP contribution in [-0.2, 0) is 13.1 Å². The van der Waals surface area contributed by atoms with E-state index in [-0.39, 0.29) is 11.8 Å². The third-order valence-electron chi connectivity index (χ3n) is 4.20. The van der Waals surface area contributed by atoms with Crippen LogP contribution in [0, 0.1) is 6.92 Å². The van der Waals surface area contributed by atoms with Gasteiger partial charge >= 0.3 is 0 Å². The highest BCUT2D eigenvalue weighted by Crippen LogP contribution is 2.19. The topological polar surface area (TPSA) is 84.2 Å². The lowest BCUT2D eigenvalue weighted by Crippen LogP contribution is -2.23. The standard InChI is InChI=1S/C21H21N3O2S/c1-14-4-9-17(11-18(14)24-21(26)19-3-2-10-27-19)20(25)23-13-16-7-5-15(12-22)6-8-16/h2-11H,12-13,22H2,1H3,(H,23,25)(H,24,26).